The largest absolute Gasteiger partial charge is 0.356 e. The van der Waals surface area contributed by atoms with Crippen LogP contribution >= 0.6 is 0 Å². The molecule has 1 aromatic heterocycles. The molecule has 7 heteroatoms. The molecule has 5 nitrogen and oxygen atoms in total. The van der Waals surface area contributed by atoms with Gasteiger partial charge in [-0.2, -0.15) is 5.10 Å². The van der Waals surface area contributed by atoms with E-state index in [0.29, 0.717) is 19.6 Å². The fourth-order valence-corrected chi connectivity index (χ4v) is 3.28. The lowest BCUT2D eigenvalue weighted by Gasteiger charge is -2.31. The lowest BCUT2D eigenvalue weighted by atomic mass is 9.97. The van der Waals surface area contributed by atoms with E-state index in [1.54, 1.807) is 6.20 Å². The highest BCUT2D eigenvalue weighted by molar-refractivity contribution is 5.78. The van der Waals surface area contributed by atoms with Crippen LogP contribution in [0.2, 0.25) is 0 Å². The molecule has 1 aliphatic heterocycles. The molecule has 26 heavy (non-hydrogen) atoms. The molecule has 1 fully saturated rings. The van der Waals surface area contributed by atoms with Crippen LogP contribution < -0.4 is 5.32 Å². The number of amides is 1. The van der Waals surface area contributed by atoms with Gasteiger partial charge in [0.15, 0.2) is 5.82 Å². The second-order valence-electron chi connectivity index (χ2n) is 6.71. The highest BCUT2D eigenvalue weighted by Gasteiger charge is 2.25. The molecule has 0 unspecified atom stereocenters. The first-order chi connectivity index (χ1) is 12.6. The molecular formula is C19H24F2N4O. The van der Waals surface area contributed by atoms with E-state index in [1.807, 2.05) is 13.0 Å². The van der Waals surface area contributed by atoms with Gasteiger partial charge >= 0.3 is 0 Å². The molecule has 1 atom stereocenters. The Kier molecular flexibility index (Phi) is 5.98. The number of carbonyl (C=O) groups is 1. The number of carbonyl (C=O) groups excluding carboxylic acids is 1. The van der Waals surface area contributed by atoms with E-state index in [9.17, 15) is 13.6 Å². The molecule has 0 aliphatic carbocycles. The average Bonchev–Trinajstić information content (AvgIpc) is 3.08. The summed E-state index contributed by atoms with van der Waals surface area (Å²) in [5.41, 5.74) is 1.01. The quantitative estimate of drug-likeness (QED) is 0.860. The summed E-state index contributed by atoms with van der Waals surface area (Å²) in [6.45, 7) is 4.97. The van der Waals surface area contributed by atoms with Crippen LogP contribution in [0.4, 0.5) is 8.78 Å². The second kappa shape index (κ2) is 8.40. The van der Waals surface area contributed by atoms with Gasteiger partial charge in [0.25, 0.3) is 0 Å². The van der Waals surface area contributed by atoms with Crippen molar-refractivity contribution in [3.63, 3.8) is 0 Å². The topological polar surface area (TPSA) is 50.2 Å². The Hall–Kier alpha value is -2.28. The maximum absolute atomic E-state index is 13.9. The van der Waals surface area contributed by atoms with E-state index in [1.165, 1.54) is 16.8 Å². The summed E-state index contributed by atoms with van der Waals surface area (Å²) >= 11 is 0. The zero-order valence-electron chi connectivity index (χ0n) is 14.9. The van der Waals surface area contributed by atoms with Crippen molar-refractivity contribution in [2.75, 3.05) is 19.6 Å². The van der Waals surface area contributed by atoms with Gasteiger partial charge in [0, 0.05) is 31.9 Å². The first kappa shape index (κ1) is 18.5. The zero-order valence-corrected chi connectivity index (χ0v) is 14.9. The predicted molar refractivity (Wildman–Crippen MR) is 94.8 cm³/mol. The molecule has 1 amide bonds. The Morgan fingerprint density at radius 3 is 2.96 bits per heavy atom. The highest BCUT2D eigenvalue weighted by atomic mass is 19.1. The smallest absolute Gasteiger partial charge is 0.224 e. The number of likely N-dealkylation sites (tertiary alicyclic amines) is 1. The number of hydrogen-bond donors (Lipinski definition) is 1. The molecule has 2 aromatic rings. The Morgan fingerprint density at radius 2 is 2.19 bits per heavy atom. The molecule has 1 saturated heterocycles. The van der Waals surface area contributed by atoms with Gasteiger partial charge in [-0.15, -0.1) is 0 Å². The fraction of sp³-hybridized carbons (Fsp3) is 0.474. The minimum atomic E-state index is -0.648. The summed E-state index contributed by atoms with van der Waals surface area (Å²) in [7, 11) is 0. The van der Waals surface area contributed by atoms with Crippen molar-refractivity contribution in [1.29, 1.82) is 0 Å². The molecule has 2 heterocycles. The highest BCUT2D eigenvalue weighted by Crippen LogP contribution is 2.19. The van der Waals surface area contributed by atoms with Gasteiger partial charge in [0.1, 0.15) is 11.5 Å². The van der Waals surface area contributed by atoms with Crippen molar-refractivity contribution in [2.24, 2.45) is 5.92 Å². The molecule has 1 aliphatic rings. The molecule has 0 radical (unpaired) electrons. The molecule has 140 valence electrons. The number of hydrogen-bond acceptors (Lipinski definition) is 3. The van der Waals surface area contributed by atoms with Gasteiger partial charge in [-0.1, -0.05) is 6.92 Å². The average molecular weight is 362 g/mol. The van der Waals surface area contributed by atoms with E-state index in [4.69, 9.17) is 0 Å². The Bertz CT molecular complexity index is 762. The SMILES string of the molecule is CCCNC(=O)[C@H]1CCCN(Cc2ccn(-c3ccc(F)cc3F)n2)C1. The normalized spacial score (nSPS) is 18.0. The van der Waals surface area contributed by atoms with Crippen LogP contribution in [0.15, 0.2) is 30.5 Å². The molecule has 3 rings (SSSR count). The minimum Gasteiger partial charge on any atom is -0.356 e. The second-order valence-corrected chi connectivity index (χ2v) is 6.71. The Labute approximate surface area is 152 Å². The van der Waals surface area contributed by atoms with E-state index in [-0.39, 0.29) is 17.5 Å². The summed E-state index contributed by atoms with van der Waals surface area (Å²) < 4.78 is 28.4. The third kappa shape index (κ3) is 4.46. The van der Waals surface area contributed by atoms with Gasteiger partial charge in [-0.05, 0) is 44.0 Å². The van der Waals surface area contributed by atoms with Crippen LogP contribution in [0.3, 0.4) is 0 Å². The van der Waals surface area contributed by atoms with Crippen LogP contribution in [0.1, 0.15) is 31.9 Å². The standard InChI is InChI=1S/C19H24F2N4O/c1-2-8-22-19(26)14-4-3-9-24(12-14)13-16-7-10-25(23-16)18-6-5-15(20)11-17(18)21/h5-7,10-11,14H,2-4,8-9,12-13H2,1H3,(H,22,26)/t14-/m0/s1. The summed E-state index contributed by atoms with van der Waals surface area (Å²) in [5, 5.41) is 7.36. The van der Waals surface area contributed by atoms with Crippen LogP contribution in [-0.2, 0) is 11.3 Å². The molecule has 0 bridgehead atoms. The number of halogens is 2. The minimum absolute atomic E-state index is 0.00642. The van der Waals surface area contributed by atoms with Crippen LogP contribution in [0.5, 0.6) is 0 Å². The number of nitrogens with one attached hydrogen (secondary N) is 1. The number of nitrogens with zero attached hydrogens (tertiary/aromatic N) is 3. The van der Waals surface area contributed by atoms with Crippen LogP contribution in [0.25, 0.3) is 5.69 Å². The Balaban J connectivity index is 1.62. The van der Waals surface area contributed by atoms with Crippen LogP contribution in [-0.4, -0.2) is 40.2 Å². The summed E-state index contributed by atoms with van der Waals surface area (Å²) in [4.78, 5) is 14.4. The predicted octanol–water partition coefficient (Wildman–Crippen LogP) is 2.89. The lowest BCUT2D eigenvalue weighted by molar-refractivity contribution is -0.126. The number of rotatable bonds is 6. The van der Waals surface area contributed by atoms with Gasteiger partial charge in [-0.3, -0.25) is 9.69 Å². The zero-order chi connectivity index (χ0) is 18.5. The fourth-order valence-electron chi connectivity index (χ4n) is 3.28. The lowest BCUT2D eigenvalue weighted by Crippen LogP contribution is -2.42. The van der Waals surface area contributed by atoms with Gasteiger partial charge in [-0.25, -0.2) is 13.5 Å². The Morgan fingerprint density at radius 1 is 1.35 bits per heavy atom. The van der Waals surface area contributed by atoms with Gasteiger partial charge in [0.05, 0.1) is 11.6 Å². The van der Waals surface area contributed by atoms with E-state index >= 15 is 0 Å². The van der Waals surface area contributed by atoms with Gasteiger partial charge < -0.3 is 5.32 Å². The molecule has 0 saturated carbocycles. The molecule has 1 aromatic carbocycles. The summed E-state index contributed by atoms with van der Waals surface area (Å²) in [6.07, 6.45) is 4.47. The molecule has 0 spiro atoms. The van der Waals surface area contributed by atoms with Crippen molar-refractivity contribution in [3.8, 4) is 5.69 Å². The van der Waals surface area contributed by atoms with Crippen LogP contribution in [0, 0.1) is 17.6 Å². The molecule has 1 N–H and O–H groups in total. The number of piperidine rings is 1. The third-order valence-corrected chi connectivity index (χ3v) is 4.61. The maximum atomic E-state index is 13.9. The van der Waals surface area contributed by atoms with Crippen molar-refractivity contribution >= 4 is 5.91 Å². The van der Waals surface area contributed by atoms with Crippen molar-refractivity contribution in [3.05, 3.63) is 47.8 Å². The maximum Gasteiger partial charge on any atom is 0.224 e. The summed E-state index contributed by atoms with van der Waals surface area (Å²) in [5.74, 6) is -1.13. The van der Waals surface area contributed by atoms with Crippen molar-refractivity contribution < 1.29 is 13.6 Å². The third-order valence-electron chi connectivity index (χ3n) is 4.61. The van der Waals surface area contributed by atoms with Gasteiger partial charge in [0.2, 0.25) is 5.91 Å². The van der Waals surface area contributed by atoms with Crippen molar-refractivity contribution in [2.45, 2.75) is 32.7 Å². The van der Waals surface area contributed by atoms with E-state index in [0.717, 1.165) is 37.6 Å². The first-order valence-corrected chi connectivity index (χ1v) is 9.07. The number of aromatic nitrogens is 2. The van der Waals surface area contributed by atoms with E-state index in [2.05, 4.69) is 15.3 Å². The number of benzene rings is 1. The van der Waals surface area contributed by atoms with E-state index < -0.39 is 11.6 Å². The summed E-state index contributed by atoms with van der Waals surface area (Å²) in [6, 6.07) is 5.25. The molecular weight excluding hydrogens is 338 g/mol. The monoisotopic (exact) mass is 362 g/mol. The first-order valence-electron chi connectivity index (χ1n) is 9.07. The van der Waals surface area contributed by atoms with Crippen molar-refractivity contribution in [1.82, 2.24) is 20.0 Å².